The van der Waals surface area contributed by atoms with E-state index in [1.165, 1.54) is 11.1 Å². The summed E-state index contributed by atoms with van der Waals surface area (Å²) >= 11 is 0. The van der Waals surface area contributed by atoms with E-state index in [0.29, 0.717) is 0 Å². The Bertz CT molecular complexity index is 334. The van der Waals surface area contributed by atoms with E-state index in [1.54, 1.807) is 7.11 Å². The van der Waals surface area contributed by atoms with Gasteiger partial charge in [0.15, 0.2) is 0 Å². The van der Waals surface area contributed by atoms with Crippen LogP contribution in [0.5, 0.6) is 5.75 Å². The Hall–Kier alpha value is -1.42. The zero-order valence-electron chi connectivity index (χ0n) is 8.84. The van der Waals surface area contributed by atoms with Crippen LogP contribution in [0.1, 0.15) is 24.5 Å². The van der Waals surface area contributed by atoms with E-state index in [4.69, 9.17) is 11.2 Å². The number of terminal acetylenes is 1. The van der Waals surface area contributed by atoms with Crippen molar-refractivity contribution in [2.24, 2.45) is 0 Å². The molecule has 0 N–H and O–H groups in total. The van der Waals surface area contributed by atoms with Gasteiger partial charge < -0.3 is 4.74 Å². The largest absolute Gasteiger partial charge is 0.497 e. The van der Waals surface area contributed by atoms with Gasteiger partial charge in [-0.25, -0.2) is 0 Å². The van der Waals surface area contributed by atoms with Gasteiger partial charge in [0.2, 0.25) is 0 Å². The number of hydrogen-bond donors (Lipinski definition) is 0. The summed E-state index contributed by atoms with van der Waals surface area (Å²) in [5, 5.41) is 0. The van der Waals surface area contributed by atoms with Gasteiger partial charge in [-0.05, 0) is 36.1 Å². The van der Waals surface area contributed by atoms with Gasteiger partial charge in [-0.15, -0.1) is 12.3 Å². The molecule has 1 nitrogen and oxygen atoms in total. The molecule has 0 aliphatic rings. The number of hydrogen-bond acceptors (Lipinski definition) is 1. The molecule has 74 valence electrons. The summed E-state index contributed by atoms with van der Waals surface area (Å²) in [5.74, 6) is 3.59. The first kappa shape index (κ1) is 10.7. The predicted octanol–water partition coefficient (Wildman–Crippen LogP) is 2.82. The molecule has 0 amide bonds. The molecule has 0 heterocycles. The molecule has 0 aromatic heterocycles. The first-order valence-corrected chi connectivity index (χ1v) is 4.91. The van der Waals surface area contributed by atoms with Gasteiger partial charge in [0, 0.05) is 6.42 Å². The van der Waals surface area contributed by atoms with Gasteiger partial charge in [-0.2, -0.15) is 0 Å². The molecule has 0 unspecified atom stereocenters. The number of ether oxygens (including phenoxy) is 1. The van der Waals surface area contributed by atoms with Crippen LogP contribution in [-0.2, 0) is 12.8 Å². The Morgan fingerprint density at radius 1 is 1.36 bits per heavy atom. The lowest BCUT2D eigenvalue weighted by Crippen LogP contribution is -1.94. The lowest BCUT2D eigenvalue weighted by molar-refractivity contribution is 0.414. The van der Waals surface area contributed by atoms with E-state index >= 15 is 0 Å². The molecular formula is C13H16O. The van der Waals surface area contributed by atoms with Crippen LogP contribution in [-0.4, -0.2) is 7.11 Å². The molecule has 0 fully saturated rings. The van der Waals surface area contributed by atoms with E-state index in [9.17, 15) is 0 Å². The van der Waals surface area contributed by atoms with Crippen LogP contribution in [0.15, 0.2) is 18.2 Å². The normalized spacial score (nSPS) is 9.50. The fourth-order valence-electron chi connectivity index (χ4n) is 1.51. The zero-order valence-corrected chi connectivity index (χ0v) is 8.84. The number of aryl methyl sites for hydroxylation is 2. The van der Waals surface area contributed by atoms with Crippen LogP contribution in [0.2, 0.25) is 0 Å². The van der Waals surface area contributed by atoms with Gasteiger partial charge >= 0.3 is 0 Å². The molecule has 0 saturated carbocycles. The van der Waals surface area contributed by atoms with Gasteiger partial charge in [0.1, 0.15) is 5.75 Å². The Morgan fingerprint density at radius 2 is 2.14 bits per heavy atom. The highest BCUT2D eigenvalue weighted by atomic mass is 16.5. The van der Waals surface area contributed by atoms with E-state index in [0.717, 1.165) is 25.0 Å². The second kappa shape index (κ2) is 5.34. The van der Waals surface area contributed by atoms with Gasteiger partial charge in [0.05, 0.1) is 7.11 Å². The van der Waals surface area contributed by atoms with Crippen LogP contribution in [0.4, 0.5) is 0 Å². The molecule has 1 aromatic carbocycles. The molecule has 0 spiro atoms. The van der Waals surface area contributed by atoms with Crippen molar-refractivity contribution in [3.05, 3.63) is 29.3 Å². The van der Waals surface area contributed by atoms with Crippen molar-refractivity contribution in [2.45, 2.75) is 26.2 Å². The maximum atomic E-state index is 5.25. The maximum Gasteiger partial charge on any atom is 0.119 e. The maximum absolute atomic E-state index is 5.25. The summed E-state index contributed by atoms with van der Waals surface area (Å²) in [4.78, 5) is 0. The SMILES string of the molecule is C#CCCc1ccc(OC)cc1CC. The van der Waals surface area contributed by atoms with E-state index in [-0.39, 0.29) is 0 Å². The smallest absolute Gasteiger partial charge is 0.119 e. The molecule has 0 bridgehead atoms. The quantitative estimate of drug-likeness (QED) is 0.660. The first-order chi connectivity index (χ1) is 6.81. The predicted molar refractivity (Wildman–Crippen MR) is 59.5 cm³/mol. The van der Waals surface area contributed by atoms with Crippen molar-refractivity contribution in [1.29, 1.82) is 0 Å². The topological polar surface area (TPSA) is 9.23 Å². The fraction of sp³-hybridized carbons (Fsp3) is 0.385. The summed E-state index contributed by atoms with van der Waals surface area (Å²) < 4.78 is 5.18. The third-order valence-corrected chi connectivity index (χ3v) is 2.33. The van der Waals surface area contributed by atoms with Gasteiger partial charge in [-0.1, -0.05) is 13.0 Å². The Morgan fingerprint density at radius 3 is 2.71 bits per heavy atom. The Labute approximate surface area is 86.1 Å². The average molecular weight is 188 g/mol. The zero-order chi connectivity index (χ0) is 10.4. The molecule has 0 saturated heterocycles. The van der Waals surface area contributed by atoms with Crippen LogP contribution >= 0.6 is 0 Å². The highest BCUT2D eigenvalue weighted by Crippen LogP contribution is 2.19. The van der Waals surface area contributed by atoms with Crippen molar-refractivity contribution < 1.29 is 4.74 Å². The minimum atomic E-state index is 0.805. The molecular weight excluding hydrogens is 172 g/mol. The van der Waals surface area contributed by atoms with Gasteiger partial charge in [-0.3, -0.25) is 0 Å². The van der Waals surface area contributed by atoms with Crippen LogP contribution < -0.4 is 4.74 Å². The lowest BCUT2D eigenvalue weighted by atomic mass is 10.0. The summed E-state index contributed by atoms with van der Waals surface area (Å²) in [5.41, 5.74) is 2.67. The summed E-state index contributed by atoms with van der Waals surface area (Å²) in [6, 6.07) is 6.19. The van der Waals surface area contributed by atoms with Crippen molar-refractivity contribution in [3.63, 3.8) is 0 Å². The van der Waals surface area contributed by atoms with E-state index in [2.05, 4.69) is 25.0 Å². The highest BCUT2D eigenvalue weighted by Gasteiger charge is 2.01. The summed E-state index contributed by atoms with van der Waals surface area (Å²) in [6.07, 6.45) is 8.04. The average Bonchev–Trinajstić information content (AvgIpc) is 2.26. The molecule has 0 aliphatic heterocycles. The van der Waals surface area contributed by atoms with Crippen molar-refractivity contribution >= 4 is 0 Å². The summed E-state index contributed by atoms with van der Waals surface area (Å²) in [6.45, 7) is 2.15. The standard InChI is InChI=1S/C13H16O/c1-4-6-7-12-8-9-13(14-3)10-11(12)5-2/h1,8-10H,5-7H2,2-3H3. The number of methoxy groups -OCH3 is 1. The summed E-state index contributed by atoms with van der Waals surface area (Å²) in [7, 11) is 1.69. The first-order valence-electron chi connectivity index (χ1n) is 4.91. The van der Waals surface area contributed by atoms with Crippen LogP contribution in [0.25, 0.3) is 0 Å². The Kier molecular flexibility index (Phi) is 4.07. The van der Waals surface area contributed by atoms with E-state index in [1.807, 2.05) is 6.07 Å². The van der Waals surface area contributed by atoms with Crippen LogP contribution in [0.3, 0.4) is 0 Å². The minimum absolute atomic E-state index is 0.805. The molecule has 0 aliphatic carbocycles. The van der Waals surface area contributed by atoms with Crippen LogP contribution in [0, 0.1) is 12.3 Å². The van der Waals surface area contributed by atoms with Crippen molar-refractivity contribution in [1.82, 2.24) is 0 Å². The number of rotatable bonds is 4. The molecule has 1 aromatic rings. The Balaban J connectivity index is 2.88. The van der Waals surface area contributed by atoms with Gasteiger partial charge in [0.25, 0.3) is 0 Å². The third-order valence-electron chi connectivity index (χ3n) is 2.33. The van der Waals surface area contributed by atoms with Crippen molar-refractivity contribution in [3.8, 4) is 18.1 Å². The van der Waals surface area contributed by atoms with E-state index < -0.39 is 0 Å². The second-order valence-electron chi connectivity index (χ2n) is 3.19. The molecule has 1 heteroatoms. The fourth-order valence-corrected chi connectivity index (χ4v) is 1.51. The number of benzene rings is 1. The molecule has 1 rings (SSSR count). The molecule has 14 heavy (non-hydrogen) atoms. The molecule has 0 radical (unpaired) electrons. The molecule has 0 atom stereocenters. The second-order valence-corrected chi connectivity index (χ2v) is 3.19. The highest BCUT2D eigenvalue weighted by molar-refractivity contribution is 5.36. The van der Waals surface area contributed by atoms with Crippen molar-refractivity contribution in [2.75, 3.05) is 7.11 Å². The lowest BCUT2D eigenvalue weighted by Gasteiger charge is -2.08. The third kappa shape index (κ3) is 2.53. The minimum Gasteiger partial charge on any atom is -0.497 e. The monoisotopic (exact) mass is 188 g/mol.